The van der Waals surface area contributed by atoms with Crippen LogP contribution >= 0.6 is 35.1 Å². The molecule has 1 fully saturated rings. The minimum Gasteiger partial charge on any atom is -0.462 e. The summed E-state index contributed by atoms with van der Waals surface area (Å²) >= 11 is 9.29. The quantitative estimate of drug-likeness (QED) is 0.0555. The SMILES string of the molecule is C=CC1/C(=C(\SCSCC2=CC=CCC=C2)C(=O)OCC)CC(C(/C=C\CCl)=C/CC)CC1N. The summed E-state index contributed by atoms with van der Waals surface area (Å²) in [6.07, 6.45) is 22.5. The first-order chi connectivity index (χ1) is 16.5. The lowest BCUT2D eigenvalue weighted by Crippen LogP contribution is -2.38. The molecule has 0 radical (unpaired) electrons. The minimum absolute atomic E-state index is 0.0364. The van der Waals surface area contributed by atoms with E-state index in [9.17, 15) is 4.79 Å². The van der Waals surface area contributed by atoms with Crippen molar-refractivity contribution >= 4 is 41.1 Å². The van der Waals surface area contributed by atoms with E-state index in [0.717, 1.165) is 42.1 Å². The Balaban J connectivity index is 2.28. The molecule has 0 heterocycles. The Bertz CT molecular complexity index is 870. The summed E-state index contributed by atoms with van der Waals surface area (Å²) in [5, 5.41) is 0.764. The highest BCUT2D eigenvalue weighted by Gasteiger charge is 2.35. The van der Waals surface area contributed by atoms with Gasteiger partial charge >= 0.3 is 5.97 Å². The van der Waals surface area contributed by atoms with Crippen LogP contribution in [0.5, 0.6) is 0 Å². The average molecular weight is 520 g/mol. The van der Waals surface area contributed by atoms with Crippen LogP contribution in [0.1, 0.15) is 39.5 Å². The van der Waals surface area contributed by atoms with Crippen molar-refractivity contribution in [2.45, 2.75) is 45.6 Å². The van der Waals surface area contributed by atoms with Gasteiger partial charge in [-0.25, -0.2) is 4.79 Å². The van der Waals surface area contributed by atoms with Gasteiger partial charge in [0, 0.05) is 28.7 Å². The number of halogens is 1. The molecule has 2 aliphatic carbocycles. The smallest absolute Gasteiger partial charge is 0.344 e. The normalized spacial score (nSPS) is 24.6. The van der Waals surface area contributed by atoms with Gasteiger partial charge in [-0.05, 0) is 55.2 Å². The lowest BCUT2D eigenvalue weighted by atomic mass is 9.72. The third-order valence-electron chi connectivity index (χ3n) is 5.81. The highest BCUT2D eigenvalue weighted by atomic mass is 35.5. The molecule has 0 aromatic carbocycles. The van der Waals surface area contributed by atoms with Crippen LogP contribution in [0.2, 0.25) is 0 Å². The Kier molecular flexibility index (Phi) is 13.8. The predicted molar refractivity (Wildman–Crippen MR) is 152 cm³/mol. The Morgan fingerprint density at radius 3 is 2.88 bits per heavy atom. The number of carbonyl (C=O) groups is 1. The molecule has 0 bridgehead atoms. The topological polar surface area (TPSA) is 52.3 Å². The average Bonchev–Trinajstić information content (AvgIpc) is 3.10. The number of alkyl halides is 1. The number of thioether (sulfide) groups is 2. The molecular weight excluding hydrogens is 482 g/mol. The van der Waals surface area contributed by atoms with Crippen molar-refractivity contribution in [1.29, 1.82) is 0 Å². The van der Waals surface area contributed by atoms with E-state index in [4.69, 9.17) is 22.1 Å². The maximum absolute atomic E-state index is 13.1. The molecule has 34 heavy (non-hydrogen) atoms. The first-order valence-corrected chi connectivity index (χ1v) is 14.7. The van der Waals surface area contributed by atoms with E-state index in [2.05, 4.69) is 56.0 Å². The summed E-state index contributed by atoms with van der Waals surface area (Å²) < 4.78 is 5.48. The maximum atomic E-state index is 13.1. The molecule has 0 aliphatic heterocycles. The molecule has 0 aromatic heterocycles. The van der Waals surface area contributed by atoms with E-state index in [-0.39, 0.29) is 23.8 Å². The Morgan fingerprint density at radius 2 is 2.18 bits per heavy atom. The van der Waals surface area contributed by atoms with Gasteiger partial charge in [0.2, 0.25) is 0 Å². The highest BCUT2D eigenvalue weighted by molar-refractivity contribution is 8.18. The number of nitrogens with two attached hydrogens (primary N) is 1. The monoisotopic (exact) mass is 519 g/mol. The van der Waals surface area contributed by atoms with E-state index in [1.165, 1.54) is 11.1 Å². The molecule has 6 heteroatoms. The van der Waals surface area contributed by atoms with Crippen LogP contribution in [-0.2, 0) is 9.53 Å². The molecule has 2 rings (SSSR count). The summed E-state index contributed by atoms with van der Waals surface area (Å²) in [7, 11) is 0. The number of rotatable bonds is 12. The van der Waals surface area contributed by atoms with Crippen LogP contribution in [0.4, 0.5) is 0 Å². The van der Waals surface area contributed by atoms with Gasteiger partial charge in [-0.15, -0.1) is 41.7 Å². The summed E-state index contributed by atoms with van der Waals surface area (Å²) in [5.74, 6) is 1.33. The summed E-state index contributed by atoms with van der Waals surface area (Å²) in [4.78, 5) is 13.8. The van der Waals surface area contributed by atoms with Crippen molar-refractivity contribution in [2.75, 3.05) is 23.3 Å². The predicted octanol–water partition coefficient (Wildman–Crippen LogP) is 7.34. The van der Waals surface area contributed by atoms with Gasteiger partial charge in [0.1, 0.15) is 0 Å². The molecule has 2 aliphatic rings. The first kappa shape index (κ1) is 28.8. The van der Waals surface area contributed by atoms with Crippen molar-refractivity contribution in [2.24, 2.45) is 17.6 Å². The molecule has 3 nitrogen and oxygen atoms in total. The molecule has 0 saturated heterocycles. The molecule has 3 atom stereocenters. The standard InChI is InChI=1S/C28H38ClNO2S2/c1-4-12-22(15-11-16-29)23-17-25(24(5-2)26(30)18-23)27(28(31)32-6-3)34-20-33-19-21-13-9-7-8-10-14-21/h5,7,9-15,23-24,26H,2,4,6,8,16-20,30H2,1,3H3/b15-11-,22-12+,27-25-. The van der Waals surface area contributed by atoms with Gasteiger partial charge in [-0.1, -0.05) is 61.6 Å². The Hall–Kier alpha value is -1.40. The zero-order valence-electron chi connectivity index (χ0n) is 20.4. The second-order valence-electron chi connectivity index (χ2n) is 8.22. The highest BCUT2D eigenvalue weighted by Crippen LogP contribution is 2.42. The maximum Gasteiger partial charge on any atom is 0.344 e. The van der Waals surface area contributed by atoms with Crippen LogP contribution in [0.15, 0.2) is 82.9 Å². The largest absolute Gasteiger partial charge is 0.462 e. The lowest BCUT2D eigenvalue weighted by Gasteiger charge is -2.36. The number of ether oxygens (including phenoxy) is 1. The number of allylic oxidation sites excluding steroid dienone is 9. The fraction of sp³-hybridized carbons (Fsp3) is 0.464. The molecule has 3 unspecified atom stereocenters. The van der Waals surface area contributed by atoms with Crippen molar-refractivity contribution in [3.8, 4) is 0 Å². The van der Waals surface area contributed by atoms with Gasteiger partial charge in [0.15, 0.2) is 0 Å². The molecule has 186 valence electrons. The van der Waals surface area contributed by atoms with Crippen LogP contribution in [-0.4, -0.2) is 35.3 Å². The third-order valence-corrected chi connectivity index (χ3v) is 8.38. The van der Waals surface area contributed by atoms with Crippen LogP contribution in [0.3, 0.4) is 0 Å². The zero-order chi connectivity index (χ0) is 24.8. The van der Waals surface area contributed by atoms with Crippen molar-refractivity contribution in [3.63, 3.8) is 0 Å². The molecule has 0 aromatic rings. The van der Waals surface area contributed by atoms with Gasteiger partial charge in [0.05, 0.1) is 11.5 Å². The van der Waals surface area contributed by atoms with Crippen molar-refractivity contribution in [1.82, 2.24) is 0 Å². The van der Waals surface area contributed by atoms with Gasteiger partial charge < -0.3 is 10.5 Å². The van der Waals surface area contributed by atoms with E-state index in [0.29, 0.717) is 17.4 Å². The second kappa shape index (κ2) is 16.3. The van der Waals surface area contributed by atoms with Crippen LogP contribution in [0.25, 0.3) is 0 Å². The summed E-state index contributed by atoms with van der Waals surface area (Å²) in [6.45, 7) is 8.37. The molecular formula is C28H38ClNO2S2. The molecule has 0 spiro atoms. The fourth-order valence-corrected chi connectivity index (χ4v) is 6.52. The summed E-state index contributed by atoms with van der Waals surface area (Å²) in [6, 6.07) is -0.0957. The summed E-state index contributed by atoms with van der Waals surface area (Å²) in [5.41, 5.74) is 10.2. The van der Waals surface area contributed by atoms with Crippen molar-refractivity contribution in [3.05, 3.63) is 82.9 Å². The van der Waals surface area contributed by atoms with E-state index in [1.54, 1.807) is 23.5 Å². The Labute approximate surface area is 219 Å². The third kappa shape index (κ3) is 8.99. The number of carbonyl (C=O) groups excluding carboxylic acids is 1. The first-order valence-electron chi connectivity index (χ1n) is 12.0. The van der Waals surface area contributed by atoms with Crippen LogP contribution in [0, 0.1) is 11.8 Å². The van der Waals surface area contributed by atoms with E-state index in [1.807, 2.05) is 19.1 Å². The minimum atomic E-state index is -0.253. The fourth-order valence-electron chi connectivity index (χ4n) is 4.28. The van der Waals surface area contributed by atoms with E-state index >= 15 is 0 Å². The molecule has 2 N–H and O–H groups in total. The lowest BCUT2D eigenvalue weighted by molar-refractivity contribution is -0.137. The molecule has 0 amide bonds. The number of hydrogen-bond acceptors (Lipinski definition) is 5. The number of hydrogen-bond donors (Lipinski definition) is 1. The zero-order valence-corrected chi connectivity index (χ0v) is 22.8. The van der Waals surface area contributed by atoms with Gasteiger partial charge in [-0.3, -0.25) is 0 Å². The van der Waals surface area contributed by atoms with Gasteiger partial charge in [0.25, 0.3) is 0 Å². The molecule has 1 saturated carbocycles. The van der Waals surface area contributed by atoms with E-state index < -0.39 is 0 Å². The number of esters is 1. The second-order valence-corrected chi connectivity index (χ2v) is 10.9. The van der Waals surface area contributed by atoms with Gasteiger partial charge in [-0.2, -0.15) is 0 Å². The Morgan fingerprint density at radius 1 is 1.35 bits per heavy atom. The van der Waals surface area contributed by atoms with Crippen molar-refractivity contribution < 1.29 is 9.53 Å². The van der Waals surface area contributed by atoms with Crippen LogP contribution < -0.4 is 5.73 Å².